The van der Waals surface area contributed by atoms with Crippen molar-refractivity contribution < 1.29 is 0 Å². The molecule has 0 N–H and O–H groups in total. The second-order valence-corrected chi connectivity index (χ2v) is 8.33. The summed E-state index contributed by atoms with van der Waals surface area (Å²) in [6.07, 6.45) is 0. The fourth-order valence-corrected chi connectivity index (χ4v) is 4.91. The zero-order chi connectivity index (χ0) is 19.0. The number of halogens is 1. The Morgan fingerprint density at radius 1 is 1.22 bits per heavy atom. The Labute approximate surface area is 167 Å². The lowest BCUT2D eigenvalue weighted by molar-refractivity contribution is 0.0971. The first kappa shape index (κ1) is 18.6. The zero-order valence-corrected chi connectivity index (χ0v) is 17.1. The quantitative estimate of drug-likeness (QED) is 0.668. The number of benzene rings is 1. The molecule has 1 aliphatic heterocycles. The summed E-state index contributed by atoms with van der Waals surface area (Å²) in [7, 11) is 0. The van der Waals surface area contributed by atoms with E-state index in [-0.39, 0.29) is 5.56 Å². The number of rotatable bonds is 4. The molecule has 1 aliphatic rings. The van der Waals surface area contributed by atoms with E-state index in [1.807, 2.05) is 30.5 Å². The minimum Gasteiger partial charge on any atom is -0.295 e. The van der Waals surface area contributed by atoms with Crippen molar-refractivity contribution in [3.63, 3.8) is 0 Å². The Kier molecular flexibility index (Phi) is 5.32. The van der Waals surface area contributed by atoms with E-state index in [0.717, 1.165) is 54.1 Å². The topological polar surface area (TPSA) is 40.9 Å². The van der Waals surface area contributed by atoms with Crippen molar-refractivity contribution in [3.8, 4) is 0 Å². The first-order valence-electron chi connectivity index (χ1n) is 9.20. The van der Waals surface area contributed by atoms with E-state index in [2.05, 4.69) is 27.8 Å². The molecule has 1 atom stereocenters. The SMILES string of the molecule is Cc1csc2nc(CN3CCN([C@@H](C)c4ccccc4Cl)CC3)cc(=O)n12. The molecule has 1 aromatic carbocycles. The molecular weight excluding hydrogens is 380 g/mol. The van der Waals surface area contributed by atoms with Gasteiger partial charge < -0.3 is 0 Å². The zero-order valence-electron chi connectivity index (χ0n) is 15.6. The highest BCUT2D eigenvalue weighted by atomic mass is 35.5. The Morgan fingerprint density at radius 3 is 2.70 bits per heavy atom. The van der Waals surface area contributed by atoms with Gasteiger partial charge in [-0.05, 0) is 25.5 Å². The van der Waals surface area contributed by atoms with Crippen molar-refractivity contribution in [2.75, 3.05) is 26.2 Å². The van der Waals surface area contributed by atoms with Crippen LogP contribution in [0.25, 0.3) is 4.96 Å². The number of hydrogen-bond donors (Lipinski definition) is 0. The van der Waals surface area contributed by atoms with Crippen molar-refractivity contribution in [2.24, 2.45) is 0 Å². The number of aromatic nitrogens is 2. The summed E-state index contributed by atoms with van der Waals surface area (Å²) in [4.78, 5) is 22.6. The average Bonchev–Trinajstić information content (AvgIpc) is 3.03. The number of fused-ring (bicyclic) bond motifs is 1. The first-order chi connectivity index (χ1) is 13.0. The van der Waals surface area contributed by atoms with E-state index >= 15 is 0 Å². The van der Waals surface area contributed by atoms with E-state index < -0.39 is 0 Å². The van der Waals surface area contributed by atoms with Gasteiger partial charge in [0.2, 0.25) is 0 Å². The highest BCUT2D eigenvalue weighted by Gasteiger charge is 2.23. The smallest absolute Gasteiger partial charge is 0.259 e. The van der Waals surface area contributed by atoms with Crippen LogP contribution in [0.3, 0.4) is 0 Å². The van der Waals surface area contributed by atoms with Crippen LogP contribution in [0.4, 0.5) is 0 Å². The molecule has 0 unspecified atom stereocenters. The molecule has 142 valence electrons. The molecular formula is C20H23ClN4OS. The molecule has 0 aliphatic carbocycles. The van der Waals surface area contributed by atoms with E-state index in [4.69, 9.17) is 11.6 Å². The lowest BCUT2D eigenvalue weighted by Crippen LogP contribution is -2.46. The van der Waals surface area contributed by atoms with E-state index in [1.165, 1.54) is 16.9 Å². The van der Waals surface area contributed by atoms with Gasteiger partial charge in [0.05, 0.1) is 5.69 Å². The van der Waals surface area contributed by atoms with E-state index in [0.29, 0.717) is 6.04 Å². The maximum Gasteiger partial charge on any atom is 0.259 e. The third kappa shape index (κ3) is 3.80. The molecule has 7 heteroatoms. The molecule has 1 fully saturated rings. The Balaban J connectivity index is 1.41. The largest absolute Gasteiger partial charge is 0.295 e. The van der Waals surface area contributed by atoms with Crippen molar-refractivity contribution in [1.82, 2.24) is 19.2 Å². The fourth-order valence-electron chi connectivity index (χ4n) is 3.73. The summed E-state index contributed by atoms with van der Waals surface area (Å²) in [6, 6.07) is 10.0. The van der Waals surface area contributed by atoms with Gasteiger partial charge >= 0.3 is 0 Å². The van der Waals surface area contributed by atoms with Gasteiger partial charge in [-0.3, -0.25) is 19.0 Å². The molecule has 4 rings (SSSR count). The Morgan fingerprint density at radius 2 is 1.96 bits per heavy atom. The summed E-state index contributed by atoms with van der Waals surface area (Å²) in [5.41, 5.74) is 3.00. The molecule has 2 aromatic heterocycles. The summed E-state index contributed by atoms with van der Waals surface area (Å²) < 4.78 is 1.68. The van der Waals surface area contributed by atoms with Crippen molar-refractivity contribution in [3.05, 3.63) is 68.0 Å². The third-order valence-corrected chi connectivity index (χ3v) is 6.61. The summed E-state index contributed by atoms with van der Waals surface area (Å²) in [5, 5.41) is 2.80. The normalized spacial score (nSPS) is 17.4. The minimum atomic E-state index is 0.0136. The van der Waals surface area contributed by atoms with Gasteiger partial charge in [-0.15, -0.1) is 11.3 Å². The van der Waals surface area contributed by atoms with Crippen LogP contribution >= 0.6 is 22.9 Å². The number of aryl methyl sites for hydroxylation is 1. The monoisotopic (exact) mass is 402 g/mol. The molecule has 27 heavy (non-hydrogen) atoms. The van der Waals surface area contributed by atoms with Crippen molar-refractivity contribution >= 4 is 27.9 Å². The van der Waals surface area contributed by atoms with Crippen LogP contribution in [0.2, 0.25) is 5.02 Å². The van der Waals surface area contributed by atoms with E-state index in [9.17, 15) is 4.79 Å². The maximum absolute atomic E-state index is 12.3. The molecule has 0 spiro atoms. The van der Waals surface area contributed by atoms with Crippen molar-refractivity contribution in [2.45, 2.75) is 26.4 Å². The number of hydrogen-bond acceptors (Lipinski definition) is 5. The maximum atomic E-state index is 12.3. The van der Waals surface area contributed by atoms with Crippen LogP contribution in [-0.4, -0.2) is 45.4 Å². The third-order valence-electron chi connectivity index (χ3n) is 5.32. The Bertz CT molecular complexity index is 1010. The second-order valence-electron chi connectivity index (χ2n) is 7.09. The molecule has 3 heterocycles. The highest BCUT2D eigenvalue weighted by molar-refractivity contribution is 7.15. The van der Waals surface area contributed by atoms with Crippen LogP contribution in [0.1, 0.15) is 29.9 Å². The van der Waals surface area contributed by atoms with Crippen LogP contribution < -0.4 is 5.56 Å². The van der Waals surface area contributed by atoms with Crippen LogP contribution in [0.5, 0.6) is 0 Å². The average molecular weight is 403 g/mol. The van der Waals surface area contributed by atoms with Gasteiger partial charge in [-0.25, -0.2) is 4.98 Å². The van der Waals surface area contributed by atoms with Gasteiger partial charge in [0.15, 0.2) is 4.96 Å². The lowest BCUT2D eigenvalue weighted by atomic mass is 10.1. The standard InChI is InChI=1S/C20H23ClN4OS/c1-14-13-27-20-22-16(11-19(26)25(14)20)12-23-7-9-24(10-8-23)15(2)17-5-3-4-6-18(17)21/h3-6,11,13,15H,7-10,12H2,1-2H3/t15-/m0/s1. The predicted molar refractivity (Wildman–Crippen MR) is 111 cm³/mol. The summed E-state index contributed by atoms with van der Waals surface area (Å²) in [6.45, 7) is 8.74. The van der Waals surface area contributed by atoms with Gasteiger partial charge in [0, 0.05) is 60.9 Å². The van der Waals surface area contributed by atoms with Gasteiger partial charge in [0.1, 0.15) is 0 Å². The molecule has 0 amide bonds. The molecule has 0 radical (unpaired) electrons. The molecule has 0 bridgehead atoms. The first-order valence-corrected chi connectivity index (χ1v) is 10.5. The van der Waals surface area contributed by atoms with Crippen LogP contribution in [0, 0.1) is 6.92 Å². The second kappa shape index (κ2) is 7.72. The number of nitrogens with zero attached hydrogens (tertiary/aromatic N) is 4. The lowest BCUT2D eigenvalue weighted by Gasteiger charge is -2.38. The molecule has 3 aromatic rings. The predicted octanol–water partition coefficient (Wildman–Crippen LogP) is 3.60. The van der Waals surface area contributed by atoms with Gasteiger partial charge in [-0.2, -0.15) is 0 Å². The Hall–Kier alpha value is -1.73. The minimum absolute atomic E-state index is 0.0136. The van der Waals surface area contributed by atoms with Crippen LogP contribution in [0.15, 0.2) is 40.5 Å². The molecule has 0 saturated carbocycles. The van der Waals surface area contributed by atoms with Crippen molar-refractivity contribution in [1.29, 1.82) is 0 Å². The molecule has 1 saturated heterocycles. The van der Waals surface area contributed by atoms with E-state index in [1.54, 1.807) is 10.5 Å². The van der Waals surface area contributed by atoms with Gasteiger partial charge in [-0.1, -0.05) is 29.8 Å². The number of piperazine rings is 1. The highest BCUT2D eigenvalue weighted by Crippen LogP contribution is 2.28. The fraction of sp³-hybridized carbons (Fsp3) is 0.400. The van der Waals surface area contributed by atoms with Gasteiger partial charge in [0.25, 0.3) is 5.56 Å². The number of thiazole rings is 1. The summed E-state index contributed by atoms with van der Waals surface area (Å²) in [5.74, 6) is 0. The molecule has 5 nitrogen and oxygen atoms in total. The summed E-state index contributed by atoms with van der Waals surface area (Å²) >= 11 is 7.88. The van der Waals surface area contributed by atoms with Crippen LogP contribution in [-0.2, 0) is 6.54 Å².